The number of fused-ring (bicyclic) bond motifs is 2. The van der Waals surface area contributed by atoms with Crippen molar-refractivity contribution >= 4 is 23.6 Å². The van der Waals surface area contributed by atoms with Gasteiger partial charge in [-0.1, -0.05) is 26.0 Å². The van der Waals surface area contributed by atoms with Gasteiger partial charge in [-0.05, 0) is 17.7 Å². The van der Waals surface area contributed by atoms with Crippen LogP contribution in [0.1, 0.15) is 25.8 Å². The van der Waals surface area contributed by atoms with Gasteiger partial charge in [0.05, 0.1) is 13.0 Å². The van der Waals surface area contributed by atoms with Crippen LogP contribution >= 0.6 is 11.8 Å². The average Bonchev–Trinajstić information content (AvgIpc) is 2.99. The summed E-state index contributed by atoms with van der Waals surface area (Å²) in [6.45, 7) is 4.86. The Balaban J connectivity index is 1.61. The SMILES string of the molecule is CC(C)Sc1ccc(CC(=O)N2C[C@@H]3C[C@H]2C(=O)O3)cc1. The van der Waals surface area contributed by atoms with E-state index in [2.05, 4.69) is 26.0 Å². The number of hydrogen-bond acceptors (Lipinski definition) is 4. The second-order valence-electron chi connectivity index (χ2n) is 5.84. The molecule has 0 saturated carbocycles. The maximum absolute atomic E-state index is 12.3. The van der Waals surface area contributed by atoms with E-state index in [9.17, 15) is 9.59 Å². The fourth-order valence-corrected chi connectivity index (χ4v) is 3.70. The molecule has 112 valence electrons. The van der Waals surface area contributed by atoms with Crippen molar-refractivity contribution in [1.82, 2.24) is 4.90 Å². The van der Waals surface area contributed by atoms with Crippen molar-refractivity contribution < 1.29 is 14.3 Å². The van der Waals surface area contributed by atoms with Gasteiger partial charge in [0.1, 0.15) is 12.1 Å². The molecular weight excluding hydrogens is 286 g/mol. The van der Waals surface area contributed by atoms with Gasteiger partial charge < -0.3 is 9.64 Å². The Kier molecular flexibility index (Phi) is 3.93. The standard InChI is InChI=1S/C16H19NO3S/c1-10(2)21-13-5-3-11(4-6-13)7-15(18)17-9-12-8-14(17)16(19)20-12/h3-6,10,12,14H,7-9H2,1-2H3/t12-,14-/m0/s1. The quantitative estimate of drug-likeness (QED) is 0.632. The first kappa shape index (κ1) is 14.4. The first-order chi connectivity index (χ1) is 10.0. The van der Waals surface area contributed by atoms with Crippen molar-refractivity contribution in [3.63, 3.8) is 0 Å². The number of morpholine rings is 1. The van der Waals surface area contributed by atoms with Crippen molar-refractivity contribution in [2.45, 2.75) is 49.0 Å². The van der Waals surface area contributed by atoms with Crippen LogP contribution in [0.2, 0.25) is 0 Å². The van der Waals surface area contributed by atoms with Gasteiger partial charge >= 0.3 is 5.97 Å². The van der Waals surface area contributed by atoms with Crippen molar-refractivity contribution in [2.24, 2.45) is 0 Å². The van der Waals surface area contributed by atoms with Gasteiger partial charge in [0.25, 0.3) is 0 Å². The third-order valence-corrected chi connectivity index (χ3v) is 4.80. The highest BCUT2D eigenvalue weighted by molar-refractivity contribution is 7.99. The van der Waals surface area contributed by atoms with Gasteiger partial charge in [0.15, 0.2) is 0 Å². The topological polar surface area (TPSA) is 46.6 Å². The molecule has 1 aromatic rings. The molecule has 5 heteroatoms. The van der Waals surface area contributed by atoms with E-state index in [4.69, 9.17) is 4.74 Å². The van der Waals surface area contributed by atoms with Gasteiger partial charge in [0.2, 0.25) is 5.91 Å². The molecule has 2 saturated heterocycles. The van der Waals surface area contributed by atoms with Gasteiger partial charge in [0, 0.05) is 16.6 Å². The molecule has 0 unspecified atom stereocenters. The number of nitrogens with zero attached hydrogens (tertiary/aromatic N) is 1. The van der Waals surface area contributed by atoms with Gasteiger partial charge in [-0.2, -0.15) is 0 Å². The third kappa shape index (κ3) is 3.07. The summed E-state index contributed by atoms with van der Waals surface area (Å²) in [6, 6.07) is 7.75. The second-order valence-corrected chi connectivity index (χ2v) is 7.49. The van der Waals surface area contributed by atoms with Crippen LogP contribution in [-0.4, -0.2) is 40.7 Å². The summed E-state index contributed by atoms with van der Waals surface area (Å²) < 4.78 is 5.11. The summed E-state index contributed by atoms with van der Waals surface area (Å²) in [7, 11) is 0. The van der Waals surface area contributed by atoms with E-state index >= 15 is 0 Å². The fraction of sp³-hybridized carbons (Fsp3) is 0.500. The normalized spacial score (nSPS) is 23.8. The number of esters is 1. The summed E-state index contributed by atoms with van der Waals surface area (Å²) in [6.07, 6.45) is 0.925. The maximum atomic E-state index is 12.3. The molecule has 0 aromatic heterocycles. The van der Waals surface area contributed by atoms with Crippen LogP contribution in [0, 0.1) is 0 Å². The Hall–Kier alpha value is -1.49. The van der Waals surface area contributed by atoms with Crippen LogP contribution in [0.4, 0.5) is 0 Å². The molecular formula is C16H19NO3S. The van der Waals surface area contributed by atoms with Crippen LogP contribution in [0.15, 0.2) is 29.2 Å². The molecule has 0 radical (unpaired) electrons. The Bertz CT molecular complexity index is 555. The van der Waals surface area contributed by atoms with Gasteiger partial charge in [-0.15, -0.1) is 11.8 Å². The third-order valence-electron chi connectivity index (χ3n) is 3.79. The van der Waals surface area contributed by atoms with Crippen molar-refractivity contribution in [2.75, 3.05) is 6.54 Å². The molecule has 4 nitrogen and oxygen atoms in total. The number of benzene rings is 1. The molecule has 2 aliphatic rings. The number of thioether (sulfide) groups is 1. The monoisotopic (exact) mass is 305 g/mol. The second kappa shape index (κ2) is 5.72. The minimum atomic E-state index is -0.349. The maximum Gasteiger partial charge on any atom is 0.329 e. The summed E-state index contributed by atoms with van der Waals surface area (Å²) in [5, 5.41) is 0.545. The van der Waals surface area contributed by atoms with E-state index in [-0.39, 0.29) is 24.0 Å². The Labute approximate surface area is 128 Å². The first-order valence-electron chi connectivity index (χ1n) is 7.28. The number of likely N-dealkylation sites (tertiary alicyclic amines) is 1. The lowest BCUT2D eigenvalue weighted by atomic mass is 10.1. The highest BCUT2D eigenvalue weighted by atomic mass is 32.2. The van der Waals surface area contributed by atoms with Crippen molar-refractivity contribution in [3.05, 3.63) is 29.8 Å². The number of rotatable bonds is 4. The first-order valence-corrected chi connectivity index (χ1v) is 8.16. The van der Waals surface area contributed by atoms with E-state index in [0.717, 1.165) is 5.56 Å². The molecule has 1 amide bonds. The van der Waals surface area contributed by atoms with E-state index in [0.29, 0.717) is 24.6 Å². The molecule has 1 aromatic carbocycles. The molecule has 2 aliphatic heterocycles. The van der Waals surface area contributed by atoms with Crippen LogP contribution in [0.3, 0.4) is 0 Å². The number of amides is 1. The highest BCUT2D eigenvalue weighted by Crippen LogP contribution is 2.29. The average molecular weight is 305 g/mol. The van der Waals surface area contributed by atoms with Crippen LogP contribution in [0.25, 0.3) is 0 Å². The van der Waals surface area contributed by atoms with Crippen molar-refractivity contribution in [1.29, 1.82) is 0 Å². The number of carbonyl (C=O) groups excluding carboxylic acids is 2. The molecule has 21 heavy (non-hydrogen) atoms. The van der Waals surface area contributed by atoms with E-state index < -0.39 is 0 Å². The van der Waals surface area contributed by atoms with E-state index in [1.165, 1.54) is 4.90 Å². The molecule has 2 heterocycles. The van der Waals surface area contributed by atoms with Gasteiger partial charge in [-0.25, -0.2) is 4.79 Å². The Morgan fingerprint density at radius 1 is 1.38 bits per heavy atom. The lowest BCUT2D eigenvalue weighted by Gasteiger charge is -2.25. The Morgan fingerprint density at radius 3 is 2.67 bits per heavy atom. The number of hydrogen-bond donors (Lipinski definition) is 0. The zero-order valence-corrected chi connectivity index (χ0v) is 13.1. The smallest absolute Gasteiger partial charge is 0.329 e. The largest absolute Gasteiger partial charge is 0.459 e. The minimum Gasteiger partial charge on any atom is -0.459 e. The lowest BCUT2D eigenvalue weighted by Crippen LogP contribution is -2.44. The number of ether oxygens (including phenoxy) is 1. The zero-order valence-electron chi connectivity index (χ0n) is 12.2. The minimum absolute atomic E-state index is 0.0170. The van der Waals surface area contributed by atoms with Crippen LogP contribution in [0.5, 0.6) is 0 Å². The molecule has 2 atom stereocenters. The summed E-state index contributed by atoms with van der Waals surface area (Å²) >= 11 is 1.80. The van der Waals surface area contributed by atoms with E-state index in [1.54, 1.807) is 16.7 Å². The molecule has 2 bridgehead atoms. The molecule has 0 spiro atoms. The van der Waals surface area contributed by atoms with E-state index in [1.807, 2.05) is 12.1 Å². The van der Waals surface area contributed by atoms with Gasteiger partial charge in [-0.3, -0.25) is 4.79 Å². The molecule has 0 aliphatic carbocycles. The summed E-state index contributed by atoms with van der Waals surface area (Å²) in [5.41, 5.74) is 0.990. The molecule has 2 fully saturated rings. The highest BCUT2D eigenvalue weighted by Gasteiger charge is 2.48. The predicted octanol–water partition coefficient (Wildman–Crippen LogP) is 2.26. The molecule has 0 N–H and O–H groups in total. The fourth-order valence-electron chi connectivity index (χ4n) is 2.86. The zero-order chi connectivity index (χ0) is 15.0. The number of carbonyl (C=O) groups is 2. The van der Waals surface area contributed by atoms with Crippen LogP contribution < -0.4 is 0 Å². The van der Waals surface area contributed by atoms with Crippen LogP contribution in [-0.2, 0) is 20.7 Å². The predicted molar refractivity (Wildman–Crippen MR) is 81.1 cm³/mol. The summed E-state index contributed by atoms with van der Waals surface area (Å²) in [4.78, 5) is 26.7. The summed E-state index contributed by atoms with van der Waals surface area (Å²) in [5.74, 6) is -0.230. The molecule has 3 rings (SSSR count). The lowest BCUT2D eigenvalue weighted by molar-refractivity contribution is -0.156. The Morgan fingerprint density at radius 2 is 2.10 bits per heavy atom. The van der Waals surface area contributed by atoms with Crippen molar-refractivity contribution in [3.8, 4) is 0 Å².